The summed E-state index contributed by atoms with van der Waals surface area (Å²) < 4.78 is 0. The minimum atomic E-state index is 0.524. The summed E-state index contributed by atoms with van der Waals surface area (Å²) in [6, 6.07) is 8.87. The Bertz CT molecular complexity index is 603. The molecule has 1 aliphatic rings. The van der Waals surface area contributed by atoms with Crippen LogP contribution in [0.15, 0.2) is 24.3 Å². The number of nitrogens with one attached hydrogen (secondary N) is 1. The SMILES string of the molecule is CCCNCc1sc(C2CCc3ccccc32)nc1CC. The van der Waals surface area contributed by atoms with Crippen molar-refractivity contribution in [2.45, 2.75) is 52.0 Å². The molecule has 1 aromatic carbocycles. The molecular formula is C18H24N2S. The highest BCUT2D eigenvalue weighted by molar-refractivity contribution is 7.11. The second kappa shape index (κ2) is 6.71. The van der Waals surface area contributed by atoms with Gasteiger partial charge in [0.25, 0.3) is 0 Å². The van der Waals surface area contributed by atoms with Crippen LogP contribution in [-0.2, 0) is 19.4 Å². The predicted octanol–water partition coefficient (Wildman–Crippen LogP) is 4.28. The molecule has 0 saturated heterocycles. The molecule has 0 amide bonds. The molecule has 1 aromatic heterocycles. The van der Waals surface area contributed by atoms with Crippen molar-refractivity contribution in [1.82, 2.24) is 10.3 Å². The second-order valence-electron chi connectivity index (χ2n) is 5.74. The number of aryl methyl sites for hydroxylation is 2. The van der Waals surface area contributed by atoms with Gasteiger partial charge in [0.1, 0.15) is 5.01 Å². The number of fused-ring (bicyclic) bond motifs is 1. The lowest BCUT2D eigenvalue weighted by Gasteiger charge is -2.07. The Morgan fingerprint density at radius 1 is 1.29 bits per heavy atom. The van der Waals surface area contributed by atoms with Gasteiger partial charge in [-0.3, -0.25) is 0 Å². The summed E-state index contributed by atoms with van der Waals surface area (Å²) in [5.41, 5.74) is 4.31. The third kappa shape index (κ3) is 3.04. The number of hydrogen-bond acceptors (Lipinski definition) is 3. The van der Waals surface area contributed by atoms with E-state index in [9.17, 15) is 0 Å². The zero-order valence-corrected chi connectivity index (χ0v) is 13.8. The normalized spacial score (nSPS) is 17.1. The third-order valence-corrected chi connectivity index (χ3v) is 5.48. The summed E-state index contributed by atoms with van der Waals surface area (Å²) in [6.07, 6.45) is 4.64. The van der Waals surface area contributed by atoms with Gasteiger partial charge in [0, 0.05) is 17.3 Å². The van der Waals surface area contributed by atoms with E-state index in [1.807, 2.05) is 11.3 Å². The molecule has 1 N–H and O–H groups in total. The Balaban J connectivity index is 1.83. The van der Waals surface area contributed by atoms with Gasteiger partial charge < -0.3 is 5.32 Å². The third-order valence-electron chi connectivity index (χ3n) is 4.27. The zero-order chi connectivity index (χ0) is 14.7. The van der Waals surface area contributed by atoms with E-state index in [1.165, 1.54) is 46.0 Å². The van der Waals surface area contributed by atoms with Gasteiger partial charge in [-0.15, -0.1) is 11.3 Å². The lowest BCUT2D eigenvalue weighted by Crippen LogP contribution is -2.13. The van der Waals surface area contributed by atoms with Crippen molar-refractivity contribution < 1.29 is 0 Å². The minimum absolute atomic E-state index is 0.524. The number of nitrogens with zero attached hydrogens (tertiary/aromatic N) is 1. The molecule has 21 heavy (non-hydrogen) atoms. The van der Waals surface area contributed by atoms with Gasteiger partial charge in [-0.1, -0.05) is 38.1 Å². The molecule has 0 spiro atoms. The van der Waals surface area contributed by atoms with E-state index in [4.69, 9.17) is 4.98 Å². The van der Waals surface area contributed by atoms with Gasteiger partial charge in [0.05, 0.1) is 5.69 Å². The zero-order valence-electron chi connectivity index (χ0n) is 13.0. The van der Waals surface area contributed by atoms with Crippen molar-refractivity contribution >= 4 is 11.3 Å². The summed E-state index contributed by atoms with van der Waals surface area (Å²) in [5, 5.41) is 4.84. The largest absolute Gasteiger partial charge is 0.312 e. The van der Waals surface area contributed by atoms with Crippen LogP contribution < -0.4 is 5.32 Å². The first-order valence-electron chi connectivity index (χ1n) is 8.10. The highest BCUT2D eigenvalue weighted by Crippen LogP contribution is 2.40. The van der Waals surface area contributed by atoms with E-state index in [0.717, 1.165) is 19.5 Å². The van der Waals surface area contributed by atoms with Gasteiger partial charge >= 0.3 is 0 Å². The quantitative estimate of drug-likeness (QED) is 0.805. The van der Waals surface area contributed by atoms with Crippen molar-refractivity contribution in [3.8, 4) is 0 Å². The monoisotopic (exact) mass is 300 g/mol. The number of hydrogen-bond donors (Lipinski definition) is 1. The first-order chi connectivity index (χ1) is 10.3. The average Bonchev–Trinajstić information content (AvgIpc) is 3.11. The number of benzene rings is 1. The Morgan fingerprint density at radius 2 is 2.14 bits per heavy atom. The molecular weight excluding hydrogens is 276 g/mol. The van der Waals surface area contributed by atoms with E-state index >= 15 is 0 Å². The first-order valence-corrected chi connectivity index (χ1v) is 8.92. The summed E-state index contributed by atoms with van der Waals surface area (Å²) in [6.45, 7) is 6.48. The number of rotatable bonds is 6. The maximum atomic E-state index is 4.97. The first kappa shape index (κ1) is 14.7. The molecule has 0 bridgehead atoms. The molecule has 1 heterocycles. The van der Waals surface area contributed by atoms with E-state index in [1.54, 1.807) is 0 Å². The summed E-state index contributed by atoms with van der Waals surface area (Å²) in [7, 11) is 0. The van der Waals surface area contributed by atoms with Crippen LogP contribution in [0.5, 0.6) is 0 Å². The van der Waals surface area contributed by atoms with Crippen LogP contribution in [-0.4, -0.2) is 11.5 Å². The maximum Gasteiger partial charge on any atom is 0.101 e. The number of thiazole rings is 1. The van der Waals surface area contributed by atoms with Crippen molar-refractivity contribution in [1.29, 1.82) is 0 Å². The summed E-state index contributed by atoms with van der Waals surface area (Å²) >= 11 is 1.92. The van der Waals surface area contributed by atoms with Crippen LogP contribution in [0.4, 0.5) is 0 Å². The fourth-order valence-electron chi connectivity index (χ4n) is 3.16. The van der Waals surface area contributed by atoms with Gasteiger partial charge in [-0.05, 0) is 43.4 Å². The molecule has 2 aromatic rings. The van der Waals surface area contributed by atoms with Crippen LogP contribution in [0.25, 0.3) is 0 Å². The summed E-state index contributed by atoms with van der Waals surface area (Å²) in [4.78, 5) is 6.40. The maximum absolute atomic E-state index is 4.97. The molecule has 0 fully saturated rings. The topological polar surface area (TPSA) is 24.9 Å². The van der Waals surface area contributed by atoms with Crippen molar-refractivity contribution in [2.24, 2.45) is 0 Å². The Labute approximate surface area is 131 Å². The van der Waals surface area contributed by atoms with E-state index < -0.39 is 0 Å². The van der Waals surface area contributed by atoms with Crippen LogP contribution in [0.1, 0.15) is 59.3 Å². The molecule has 3 heteroatoms. The van der Waals surface area contributed by atoms with Crippen molar-refractivity contribution in [3.63, 3.8) is 0 Å². The summed E-state index contributed by atoms with van der Waals surface area (Å²) in [5.74, 6) is 0.524. The highest BCUT2D eigenvalue weighted by Gasteiger charge is 2.26. The van der Waals surface area contributed by atoms with Crippen LogP contribution in [0.2, 0.25) is 0 Å². The molecule has 0 saturated carbocycles. The van der Waals surface area contributed by atoms with E-state index in [-0.39, 0.29) is 0 Å². The second-order valence-corrected chi connectivity index (χ2v) is 6.86. The standard InChI is InChI=1S/C18H24N2S/c1-3-11-19-12-17-16(4-2)20-18(21-17)15-10-9-13-7-5-6-8-14(13)15/h5-8,15,19H,3-4,9-12H2,1-2H3. The van der Waals surface area contributed by atoms with Crippen molar-refractivity contribution in [2.75, 3.05) is 6.54 Å². The Morgan fingerprint density at radius 3 is 2.95 bits per heavy atom. The fourth-order valence-corrected chi connectivity index (χ4v) is 4.44. The lowest BCUT2D eigenvalue weighted by molar-refractivity contribution is 0.676. The van der Waals surface area contributed by atoms with Crippen LogP contribution >= 0.6 is 11.3 Å². The molecule has 0 radical (unpaired) electrons. The predicted molar refractivity (Wildman–Crippen MR) is 90.1 cm³/mol. The molecule has 2 nitrogen and oxygen atoms in total. The molecule has 1 aliphatic carbocycles. The van der Waals surface area contributed by atoms with Crippen molar-refractivity contribution in [3.05, 3.63) is 51.0 Å². The van der Waals surface area contributed by atoms with Crippen LogP contribution in [0.3, 0.4) is 0 Å². The van der Waals surface area contributed by atoms with Gasteiger partial charge in [-0.25, -0.2) is 4.98 Å². The number of aromatic nitrogens is 1. The fraction of sp³-hybridized carbons (Fsp3) is 0.500. The smallest absolute Gasteiger partial charge is 0.101 e. The van der Waals surface area contributed by atoms with Gasteiger partial charge in [-0.2, -0.15) is 0 Å². The van der Waals surface area contributed by atoms with Crippen LogP contribution in [0, 0.1) is 0 Å². The molecule has 0 aliphatic heterocycles. The molecule has 112 valence electrons. The van der Waals surface area contributed by atoms with Gasteiger partial charge in [0.2, 0.25) is 0 Å². The Hall–Kier alpha value is -1.19. The molecule has 3 rings (SSSR count). The highest BCUT2D eigenvalue weighted by atomic mass is 32.1. The minimum Gasteiger partial charge on any atom is -0.312 e. The lowest BCUT2D eigenvalue weighted by atomic mass is 10.0. The van der Waals surface area contributed by atoms with E-state index in [0.29, 0.717) is 5.92 Å². The van der Waals surface area contributed by atoms with Gasteiger partial charge in [0.15, 0.2) is 0 Å². The Kier molecular flexibility index (Phi) is 4.71. The molecule has 1 atom stereocenters. The average molecular weight is 300 g/mol. The molecule has 1 unspecified atom stereocenters. The van der Waals surface area contributed by atoms with E-state index in [2.05, 4.69) is 43.4 Å².